The number of phenols is 1. The SMILES string of the molecule is O=C(O)c1ccc(O)c(Nc2ccc3ccc(S(=O)(=O)O)cc3c2)c1. The zero-order valence-electron chi connectivity index (χ0n) is 12.7. The van der Waals surface area contributed by atoms with Crippen molar-refractivity contribution in [3.63, 3.8) is 0 Å². The second kappa shape index (κ2) is 6.08. The molecule has 0 aliphatic heterocycles. The summed E-state index contributed by atoms with van der Waals surface area (Å²) < 4.78 is 31.6. The number of aromatic hydroxyl groups is 1. The molecule has 0 aliphatic carbocycles. The summed E-state index contributed by atoms with van der Waals surface area (Å²) in [5.74, 6) is -1.25. The van der Waals surface area contributed by atoms with E-state index < -0.39 is 16.1 Å². The van der Waals surface area contributed by atoms with Gasteiger partial charge < -0.3 is 15.5 Å². The summed E-state index contributed by atoms with van der Waals surface area (Å²) in [6.07, 6.45) is 0. The van der Waals surface area contributed by atoms with Crippen LogP contribution in [0.25, 0.3) is 10.8 Å². The molecule has 0 fully saturated rings. The quantitative estimate of drug-likeness (QED) is 0.416. The summed E-state index contributed by atoms with van der Waals surface area (Å²) in [5, 5.41) is 23.1. The number of anilines is 2. The highest BCUT2D eigenvalue weighted by atomic mass is 32.2. The number of nitrogens with one attached hydrogen (secondary N) is 1. The maximum atomic E-state index is 11.2. The molecule has 25 heavy (non-hydrogen) atoms. The first kappa shape index (κ1) is 16.7. The van der Waals surface area contributed by atoms with Crippen LogP contribution in [0.4, 0.5) is 11.4 Å². The standard InChI is InChI=1S/C17H13NO6S/c19-16-6-3-11(17(20)21)9-15(16)18-13-4-1-10-2-5-14(25(22,23)24)8-12(10)7-13/h1-9,18-19H,(H,20,21)(H,22,23,24). The zero-order chi connectivity index (χ0) is 18.2. The molecular weight excluding hydrogens is 346 g/mol. The van der Waals surface area contributed by atoms with Gasteiger partial charge in [0.2, 0.25) is 0 Å². The van der Waals surface area contributed by atoms with Crippen molar-refractivity contribution in [3.05, 3.63) is 60.2 Å². The Labute approximate surface area is 142 Å². The van der Waals surface area contributed by atoms with Crippen LogP contribution in [-0.4, -0.2) is 29.2 Å². The van der Waals surface area contributed by atoms with Crippen molar-refractivity contribution in [1.29, 1.82) is 0 Å². The van der Waals surface area contributed by atoms with Gasteiger partial charge in [0.15, 0.2) is 0 Å². The fourth-order valence-electron chi connectivity index (χ4n) is 2.39. The van der Waals surface area contributed by atoms with Gasteiger partial charge in [-0.05, 0) is 53.2 Å². The van der Waals surface area contributed by atoms with E-state index in [2.05, 4.69) is 5.32 Å². The highest BCUT2D eigenvalue weighted by Crippen LogP contribution is 2.30. The molecular formula is C17H13NO6S. The van der Waals surface area contributed by atoms with E-state index in [1.807, 2.05) is 0 Å². The molecule has 0 atom stereocenters. The topological polar surface area (TPSA) is 124 Å². The molecule has 7 nitrogen and oxygen atoms in total. The van der Waals surface area contributed by atoms with E-state index in [1.165, 1.54) is 30.3 Å². The van der Waals surface area contributed by atoms with Crippen molar-refractivity contribution in [2.75, 3.05) is 5.32 Å². The van der Waals surface area contributed by atoms with Gasteiger partial charge in [0.05, 0.1) is 16.1 Å². The van der Waals surface area contributed by atoms with Crippen molar-refractivity contribution in [1.82, 2.24) is 0 Å². The summed E-state index contributed by atoms with van der Waals surface area (Å²) in [6.45, 7) is 0. The molecule has 0 saturated carbocycles. The Morgan fingerprint density at radius 1 is 0.920 bits per heavy atom. The Kier molecular flexibility index (Phi) is 4.07. The molecule has 128 valence electrons. The van der Waals surface area contributed by atoms with Gasteiger partial charge in [-0.1, -0.05) is 12.1 Å². The average molecular weight is 359 g/mol. The molecule has 0 radical (unpaired) electrons. The minimum atomic E-state index is -4.31. The Morgan fingerprint density at radius 2 is 1.64 bits per heavy atom. The predicted octanol–water partition coefficient (Wildman–Crippen LogP) is 3.23. The van der Waals surface area contributed by atoms with E-state index in [1.54, 1.807) is 24.3 Å². The van der Waals surface area contributed by atoms with E-state index >= 15 is 0 Å². The van der Waals surface area contributed by atoms with Crippen LogP contribution in [0.5, 0.6) is 5.75 Å². The van der Waals surface area contributed by atoms with E-state index in [0.717, 1.165) is 5.39 Å². The van der Waals surface area contributed by atoms with E-state index in [4.69, 9.17) is 9.66 Å². The Balaban J connectivity index is 2.02. The van der Waals surface area contributed by atoms with Crippen LogP contribution in [0, 0.1) is 0 Å². The van der Waals surface area contributed by atoms with Gasteiger partial charge in [0.1, 0.15) is 5.75 Å². The fraction of sp³-hybridized carbons (Fsp3) is 0. The molecule has 3 rings (SSSR count). The van der Waals surface area contributed by atoms with Crippen molar-refractivity contribution in [2.45, 2.75) is 4.90 Å². The van der Waals surface area contributed by atoms with Crippen molar-refractivity contribution in [3.8, 4) is 5.75 Å². The molecule has 0 spiro atoms. The van der Waals surface area contributed by atoms with E-state index in [-0.39, 0.29) is 21.9 Å². The molecule has 0 unspecified atom stereocenters. The smallest absolute Gasteiger partial charge is 0.335 e. The molecule has 0 saturated heterocycles. The van der Waals surface area contributed by atoms with Gasteiger partial charge in [0, 0.05) is 5.69 Å². The van der Waals surface area contributed by atoms with Crippen molar-refractivity contribution < 1.29 is 28.0 Å². The number of hydrogen-bond acceptors (Lipinski definition) is 5. The number of rotatable bonds is 4. The van der Waals surface area contributed by atoms with Gasteiger partial charge in [-0.25, -0.2) is 4.79 Å². The lowest BCUT2D eigenvalue weighted by atomic mass is 10.1. The molecule has 0 amide bonds. The van der Waals surface area contributed by atoms with Crippen LogP contribution < -0.4 is 5.32 Å². The third kappa shape index (κ3) is 3.54. The van der Waals surface area contributed by atoms with Gasteiger partial charge in [-0.3, -0.25) is 4.55 Å². The first-order valence-electron chi connectivity index (χ1n) is 7.09. The highest BCUT2D eigenvalue weighted by molar-refractivity contribution is 7.85. The molecule has 8 heteroatoms. The third-order valence-corrected chi connectivity index (χ3v) is 4.48. The Morgan fingerprint density at radius 3 is 2.32 bits per heavy atom. The van der Waals surface area contributed by atoms with Crippen molar-refractivity contribution >= 4 is 38.2 Å². The number of benzene rings is 3. The van der Waals surface area contributed by atoms with Crippen LogP contribution in [0.1, 0.15) is 10.4 Å². The maximum Gasteiger partial charge on any atom is 0.335 e. The zero-order valence-corrected chi connectivity index (χ0v) is 13.5. The molecule has 0 aromatic heterocycles. The number of hydrogen-bond donors (Lipinski definition) is 4. The van der Waals surface area contributed by atoms with Crippen LogP contribution in [0.15, 0.2) is 59.5 Å². The number of fused-ring (bicyclic) bond motifs is 1. The highest BCUT2D eigenvalue weighted by Gasteiger charge is 2.11. The second-order valence-corrected chi connectivity index (χ2v) is 6.78. The summed E-state index contributed by atoms with van der Waals surface area (Å²) in [7, 11) is -4.31. The van der Waals surface area contributed by atoms with Crippen molar-refractivity contribution in [2.24, 2.45) is 0 Å². The van der Waals surface area contributed by atoms with E-state index in [9.17, 15) is 18.3 Å². The monoisotopic (exact) mass is 359 g/mol. The molecule has 0 heterocycles. The largest absolute Gasteiger partial charge is 0.506 e. The van der Waals surface area contributed by atoms with Gasteiger partial charge in [-0.15, -0.1) is 0 Å². The number of carboxylic acids is 1. The minimum Gasteiger partial charge on any atom is -0.506 e. The Hall–Kier alpha value is -3.10. The second-order valence-electron chi connectivity index (χ2n) is 5.36. The number of carbonyl (C=O) groups is 1. The normalized spacial score (nSPS) is 11.4. The minimum absolute atomic E-state index is 0.00903. The van der Waals surface area contributed by atoms with Crippen LogP contribution in [0.2, 0.25) is 0 Å². The summed E-state index contributed by atoms with van der Waals surface area (Å²) in [6, 6.07) is 13.1. The first-order chi connectivity index (χ1) is 11.7. The predicted molar refractivity (Wildman–Crippen MR) is 92.1 cm³/mol. The summed E-state index contributed by atoms with van der Waals surface area (Å²) in [5.41, 5.74) is 0.720. The lowest BCUT2D eigenvalue weighted by Crippen LogP contribution is -1.99. The average Bonchev–Trinajstić information content (AvgIpc) is 2.55. The first-order valence-corrected chi connectivity index (χ1v) is 8.53. The number of phenolic OH excluding ortho intramolecular Hbond substituents is 1. The third-order valence-electron chi connectivity index (χ3n) is 3.63. The van der Waals surface area contributed by atoms with Crippen LogP contribution >= 0.6 is 0 Å². The molecule has 3 aromatic carbocycles. The van der Waals surface area contributed by atoms with Gasteiger partial charge in [0.25, 0.3) is 10.1 Å². The lowest BCUT2D eigenvalue weighted by Gasteiger charge is -2.10. The molecule has 4 N–H and O–H groups in total. The van der Waals surface area contributed by atoms with Gasteiger partial charge in [-0.2, -0.15) is 8.42 Å². The van der Waals surface area contributed by atoms with E-state index in [0.29, 0.717) is 11.1 Å². The molecule has 0 aliphatic rings. The summed E-state index contributed by atoms with van der Waals surface area (Å²) >= 11 is 0. The fourth-order valence-corrected chi connectivity index (χ4v) is 2.90. The summed E-state index contributed by atoms with van der Waals surface area (Å²) in [4.78, 5) is 10.8. The molecule has 3 aromatic rings. The Bertz CT molecular complexity index is 1090. The maximum absolute atomic E-state index is 11.2. The number of aromatic carboxylic acids is 1. The lowest BCUT2D eigenvalue weighted by molar-refractivity contribution is 0.0697. The van der Waals surface area contributed by atoms with Crippen LogP contribution in [0.3, 0.4) is 0 Å². The van der Waals surface area contributed by atoms with Gasteiger partial charge >= 0.3 is 5.97 Å². The van der Waals surface area contributed by atoms with Crippen LogP contribution in [-0.2, 0) is 10.1 Å². The molecule has 0 bridgehead atoms. The number of carboxylic acid groups (broad SMARTS) is 1.